The summed E-state index contributed by atoms with van der Waals surface area (Å²) in [5, 5.41) is 14.2. The second-order valence-corrected chi connectivity index (χ2v) is 4.70. The summed E-state index contributed by atoms with van der Waals surface area (Å²) in [6.45, 7) is 5.25. The van der Waals surface area contributed by atoms with Gasteiger partial charge in [-0.25, -0.2) is 9.55 Å². The molecule has 2 rings (SSSR count). The summed E-state index contributed by atoms with van der Waals surface area (Å²) < 4.78 is 1.67. The maximum absolute atomic E-state index is 10.9. The first-order chi connectivity index (χ1) is 8.59. The average Bonchev–Trinajstić information content (AvgIpc) is 2.95. The summed E-state index contributed by atoms with van der Waals surface area (Å²) in [5.41, 5.74) is 0. The molecule has 100 valence electrons. The van der Waals surface area contributed by atoms with Crippen molar-refractivity contribution in [1.29, 1.82) is 0 Å². The van der Waals surface area contributed by atoms with Crippen LogP contribution in [0.5, 0.6) is 0 Å². The lowest BCUT2D eigenvalue weighted by Gasteiger charge is -2.22. The first kappa shape index (κ1) is 13.0. The molecule has 7 heteroatoms. The minimum Gasteiger partial charge on any atom is -0.358 e. The zero-order chi connectivity index (χ0) is 13.1. The molecule has 1 aromatic heterocycles. The van der Waals surface area contributed by atoms with Gasteiger partial charge in [-0.2, -0.15) is 0 Å². The molecule has 1 fully saturated rings. The second kappa shape index (κ2) is 5.45. The molecule has 0 bridgehead atoms. The highest BCUT2D eigenvalue weighted by molar-refractivity contribution is 5.18. The van der Waals surface area contributed by atoms with E-state index in [4.69, 9.17) is 0 Å². The van der Waals surface area contributed by atoms with Gasteiger partial charge in [0, 0.05) is 26.1 Å². The topological polar surface area (TPSA) is 76.2 Å². The number of imidazole rings is 1. The Bertz CT molecular complexity index is 425. The Labute approximate surface area is 106 Å². The Hall–Kier alpha value is -1.47. The minimum atomic E-state index is -0.378. The van der Waals surface area contributed by atoms with Crippen LogP contribution in [0.3, 0.4) is 0 Å². The third kappa shape index (κ3) is 2.68. The average molecular weight is 253 g/mol. The molecule has 0 aliphatic carbocycles. The van der Waals surface area contributed by atoms with Gasteiger partial charge in [-0.1, -0.05) is 0 Å². The fraction of sp³-hybridized carbons (Fsp3) is 0.727. The van der Waals surface area contributed by atoms with Gasteiger partial charge in [-0.15, -0.1) is 0 Å². The maximum Gasteiger partial charge on any atom is 0.342 e. The Morgan fingerprint density at radius 1 is 1.72 bits per heavy atom. The number of aromatic nitrogens is 2. The van der Waals surface area contributed by atoms with Crippen molar-refractivity contribution in [3.63, 3.8) is 0 Å². The fourth-order valence-electron chi connectivity index (χ4n) is 2.33. The smallest absolute Gasteiger partial charge is 0.342 e. The van der Waals surface area contributed by atoms with Crippen LogP contribution in [0, 0.1) is 17.0 Å². The van der Waals surface area contributed by atoms with Gasteiger partial charge in [0.15, 0.2) is 5.82 Å². The van der Waals surface area contributed by atoms with Crippen LogP contribution >= 0.6 is 0 Å². The number of likely N-dealkylation sites (N-methyl/N-ethyl adjacent to an activating group) is 1. The van der Waals surface area contributed by atoms with Crippen LogP contribution in [0.1, 0.15) is 12.2 Å². The van der Waals surface area contributed by atoms with Crippen molar-refractivity contribution < 1.29 is 4.92 Å². The summed E-state index contributed by atoms with van der Waals surface area (Å²) in [4.78, 5) is 16.7. The molecule has 1 aliphatic rings. The number of hydrogen-bond donors (Lipinski definition) is 1. The van der Waals surface area contributed by atoms with Gasteiger partial charge in [0.05, 0.1) is 0 Å². The standard InChI is InChI=1S/C11H19N5O2/c1-9-13-8-11(16(17)18)15(9)6-5-14(2)10-3-4-12-7-10/h8,10,12H,3-7H2,1-2H3. The van der Waals surface area contributed by atoms with Gasteiger partial charge < -0.3 is 15.4 Å². The van der Waals surface area contributed by atoms with E-state index < -0.39 is 0 Å². The van der Waals surface area contributed by atoms with Crippen molar-refractivity contribution in [2.45, 2.75) is 25.9 Å². The normalized spacial score (nSPS) is 19.6. The number of nitrogens with one attached hydrogen (secondary N) is 1. The first-order valence-electron chi connectivity index (χ1n) is 6.17. The predicted octanol–water partition coefficient (Wildman–Crippen LogP) is 0.393. The van der Waals surface area contributed by atoms with Crippen molar-refractivity contribution in [1.82, 2.24) is 19.8 Å². The van der Waals surface area contributed by atoms with E-state index in [-0.39, 0.29) is 10.7 Å². The van der Waals surface area contributed by atoms with Gasteiger partial charge in [0.2, 0.25) is 0 Å². The summed E-state index contributed by atoms with van der Waals surface area (Å²) in [6.07, 6.45) is 2.47. The molecule has 0 aromatic carbocycles. The molecule has 0 radical (unpaired) electrons. The van der Waals surface area contributed by atoms with Crippen molar-refractivity contribution in [3.8, 4) is 0 Å². The van der Waals surface area contributed by atoms with E-state index in [9.17, 15) is 10.1 Å². The van der Waals surface area contributed by atoms with Crippen LogP contribution in [0.25, 0.3) is 0 Å². The lowest BCUT2D eigenvalue weighted by atomic mass is 10.2. The van der Waals surface area contributed by atoms with E-state index in [0.717, 1.165) is 26.1 Å². The van der Waals surface area contributed by atoms with E-state index in [1.807, 2.05) is 0 Å². The van der Waals surface area contributed by atoms with Crippen LogP contribution < -0.4 is 5.32 Å². The largest absolute Gasteiger partial charge is 0.358 e. The number of nitro groups is 1. The Balaban J connectivity index is 1.97. The van der Waals surface area contributed by atoms with Crippen LogP contribution in [0.2, 0.25) is 0 Å². The van der Waals surface area contributed by atoms with Crippen molar-refractivity contribution >= 4 is 5.82 Å². The number of rotatable bonds is 5. The zero-order valence-electron chi connectivity index (χ0n) is 10.8. The lowest BCUT2D eigenvalue weighted by Crippen LogP contribution is -2.35. The van der Waals surface area contributed by atoms with E-state index in [1.165, 1.54) is 6.20 Å². The van der Waals surface area contributed by atoms with E-state index in [2.05, 4.69) is 22.2 Å². The maximum atomic E-state index is 10.9. The Morgan fingerprint density at radius 3 is 3.11 bits per heavy atom. The van der Waals surface area contributed by atoms with Gasteiger partial charge in [-0.3, -0.25) is 4.90 Å². The highest BCUT2D eigenvalue weighted by atomic mass is 16.6. The molecule has 1 N–H and O–H groups in total. The first-order valence-corrected chi connectivity index (χ1v) is 6.17. The summed E-state index contributed by atoms with van der Waals surface area (Å²) in [6, 6.07) is 0.535. The third-order valence-electron chi connectivity index (χ3n) is 3.56. The van der Waals surface area contributed by atoms with Gasteiger partial charge in [0.1, 0.15) is 12.7 Å². The van der Waals surface area contributed by atoms with E-state index in [0.29, 0.717) is 18.4 Å². The number of nitrogens with zero attached hydrogens (tertiary/aromatic N) is 4. The summed E-state index contributed by atoms with van der Waals surface area (Å²) in [5.74, 6) is 0.769. The molecule has 18 heavy (non-hydrogen) atoms. The van der Waals surface area contributed by atoms with E-state index >= 15 is 0 Å². The molecule has 1 aliphatic heterocycles. The molecule has 7 nitrogen and oxygen atoms in total. The third-order valence-corrected chi connectivity index (χ3v) is 3.56. The fourth-order valence-corrected chi connectivity index (χ4v) is 2.33. The summed E-state index contributed by atoms with van der Waals surface area (Å²) in [7, 11) is 2.07. The molecule has 2 heterocycles. The molecule has 0 saturated carbocycles. The molecule has 1 unspecified atom stereocenters. The van der Waals surface area contributed by atoms with Crippen molar-refractivity contribution in [2.24, 2.45) is 0 Å². The van der Waals surface area contributed by atoms with Crippen LogP contribution in [0.4, 0.5) is 5.82 Å². The van der Waals surface area contributed by atoms with Gasteiger partial charge >= 0.3 is 5.82 Å². The monoisotopic (exact) mass is 253 g/mol. The molecule has 0 spiro atoms. The second-order valence-electron chi connectivity index (χ2n) is 4.70. The minimum absolute atomic E-state index is 0.0745. The quantitative estimate of drug-likeness (QED) is 0.607. The van der Waals surface area contributed by atoms with Crippen molar-refractivity contribution in [3.05, 3.63) is 22.1 Å². The van der Waals surface area contributed by atoms with Crippen LogP contribution in [0.15, 0.2) is 6.20 Å². The van der Waals surface area contributed by atoms with Gasteiger partial charge in [0.25, 0.3) is 0 Å². The number of hydrogen-bond acceptors (Lipinski definition) is 5. The number of aryl methyl sites for hydroxylation is 1. The van der Waals surface area contributed by atoms with Crippen LogP contribution in [-0.2, 0) is 6.54 Å². The Morgan fingerprint density at radius 2 is 2.50 bits per heavy atom. The molecular weight excluding hydrogens is 234 g/mol. The van der Waals surface area contributed by atoms with E-state index in [1.54, 1.807) is 11.5 Å². The van der Waals surface area contributed by atoms with Gasteiger partial charge in [-0.05, 0) is 24.9 Å². The zero-order valence-corrected chi connectivity index (χ0v) is 10.8. The highest BCUT2D eigenvalue weighted by Gasteiger charge is 2.22. The SMILES string of the molecule is Cc1ncc([N+](=O)[O-])n1CCN(C)C1CCNC1. The predicted molar refractivity (Wildman–Crippen MR) is 67.5 cm³/mol. The molecule has 1 saturated heterocycles. The van der Waals surface area contributed by atoms with Crippen LogP contribution in [-0.4, -0.2) is 52.1 Å². The Kier molecular flexibility index (Phi) is 3.93. The highest BCUT2D eigenvalue weighted by Crippen LogP contribution is 2.14. The molecule has 1 aromatic rings. The lowest BCUT2D eigenvalue weighted by molar-refractivity contribution is -0.392. The van der Waals surface area contributed by atoms with Crippen molar-refractivity contribution in [2.75, 3.05) is 26.7 Å². The molecule has 0 amide bonds. The molecule has 1 atom stereocenters. The molecular formula is C11H19N5O2. The summed E-state index contributed by atoms with van der Waals surface area (Å²) >= 11 is 0.